The van der Waals surface area contributed by atoms with Crippen LogP contribution in [0, 0.1) is 19.7 Å². The molecule has 0 saturated carbocycles. The summed E-state index contributed by atoms with van der Waals surface area (Å²) >= 11 is 0. The maximum absolute atomic E-state index is 13.0. The molecule has 0 amide bonds. The number of hydrogen-bond donors (Lipinski definition) is 1. The molecule has 4 aromatic rings. The third-order valence-electron chi connectivity index (χ3n) is 5.14. The zero-order valence-electron chi connectivity index (χ0n) is 17.6. The molecule has 1 heterocycles. The number of aromatic nitrogens is 2. The van der Waals surface area contributed by atoms with Crippen LogP contribution in [0.3, 0.4) is 0 Å². The Morgan fingerprint density at radius 1 is 0.935 bits per heavy atom. The van der Waals surface area contributed by atoms with Gasteiger partial charge in [-0.3, -0.25) is 0 Å². The molecule has 1 aromatic heterocycles. The van der Waals surface area contributed by atoms with Gasteiger partial charge in [0.1, 0.15) is 42.5 Å². The lowest BCUT2D eigenvalue weighted by molar-refractivity contribution is 0.0917. The number of ether oxygens (including phenoxy) is 2. The third kappa shape index (κ3) is 4.86. The molecule has 0 aliphatic carbocycles. The van der Waals surface area contributed by atoms with E-state index in [-0.39, 0.29) is 19.0 Å². The topological polar surface area (TPSA) is 56.5 Å². The van der Waals surface area contributed by atoms with Crippen LogP contribution in [0.1, 0.15) is 17.0 Å². The lowest BCUT2D eigenvalue weighted by atomic mass is 10.1. The number of para-hydroxylation sites is 3. The predicted molar refractivity (Wildman–Crippen MR) is 118 cm³/mol. The minimum Gasteiger partial charge on any atom is -0.491 e. The number of aryl methyl sites for hydroxylation is 2. The smallest absolute Gasteiger partial charge is 0.148 e. The summed E-state index contributed by atoms with van der Waals surface area (Å²) in [5.41, 5.74) is 3.89. The summed E-state index contributed by atoms with van der Waals surface area (Å²) in [6.45, 7) is 4.69. The monoisotopic (exact) mass is 420 g/mol. The molecule has 31 heavy (non-hydrogen) atoms. The van der Waals surface area contributed by atoms with E-state index in [9.17, 15) is 9.50 Å². The second-order valence-electron chi connectivity index (χ2n) is 7.56. The molecule has 1 atom stereocenters. The van der Waals surface area contributed by atoms with Crippen molar-refractivity contribution in [2.24, 2.45) is 0 Å². The first kappa shape index (κ1) is 20.9. The fourth-order valence-corrected chi connectivity index (χ4v) is 3.59. The molecule has 0 spiro atoms. The van der Waals surface area contributed by atoms with Crippen molar-refractivity contribution in [3.05, 3.63) is 89.5 Å². The van der Waals surface area contributed by atoms with Gasteiger partial charge in [-0.15, -0.1) is 0 Å². The van der Waals surface area contributed by atoms with E-state index in [0.29, 0.717) is 12.3 Å². The molecule has 0 fully saturated rings. The van der Waals surface area contributed by atoms with E-state index in [1.165, 1.54) is 12.1 Å². The zero-order valence-corrected chi connectivity index (χ0v) is 17.6. The van der Waals surface area contributed by atoms with E-state index in [1.807, 2.05) is 60.9 Å². The summed E-state index contributed by atoms with van der Waals surface area (Å²) in [7, 11) is 0. The van der Waals surface area contributed by atoms with E-state index in [4.69, 9.17) is 14.5 Å². The Labute approximate surface area is 180 Å². The van der Waals surface area contributed by atoms with Gasteiger partial charge in [-0.1, -0.05) is 30.3 Å². The number of aliphatic hydroxyl groups excluding tert-OH is 1. The molecule has 0 saturated heterocycles. The summed E-state index contributed by atoms with van der Waals surface area (Å²) in [6.07, 6.45) is -0.776. The van der Waals surface area contributed by atoms with Crippen LogP contribution in [-0.4, -0.2) is 27.4 Å². The van der Waals surface area contributed by atoms with Crippen LogP contribution >= 0.6 is 0 Å². The Balaban J connectivity index is 1.51. The molecular weight excluding hydrogens is 395 g/mol. The second kappa shape index (κ2) is 9.18. The lowest BCUT2D eigenvalue weighted by Gasteiger charge is -2.17. The molecule has 4 rings (SSSR count). The fourth-order valence-electron chi connectivity index (χ4n) is 3.59. The first-order valence-electron chi connectivity index (χ1n) is 10.2. The summed E-state index contributed by atoms with van der Waals surface area (Å²) in [5.74, 6) is 1.76. The number of imidazole rings is 1. The summed E-state index contributed by atoms with van der Waals surface area (Å²) in [5, 5.41) is 10.6. The van der Waals surface area contributed by atoms with E-state index in [2.05, 4.69) is 0 Å². The summed E-state index contributed by atoms with van der Waals surface area (Å²) in [4.78, 5) is 4.71. The van der Waals surface area contributed by atoms with Gasteiger partial charge in [0, 0.05) is 0 Å². The minimum absolute atomic E-state index is 0.0787. The van der Waals surface area contributed by atoms with Crippen molar-refractivity contribution in [1.82, 2.24) is 9.55 Å². The molecule has 0 aliphatic heterocycles. The van der Waals surface area contributed by atoms with Gasteiger partial charge in [-0.25, -0.2) is 9.37 Å². The number of hydrogen-bond acceptors (Lipinski definition) is 4. The van der Waals surface area contributed by atoms with Crippen molar-refractivity contribution in [1.29, 1.82) is 0 Å². The maximum Gasteiger partial charge on any atom is 0.148 e. The third-order valence-corrected chi connectivity index (χ3v) is 5.14. The normalized spacial score (nSPS) is 12.1. The SMILES string of the molecule is Cc1cccc(C)c1OCc1nc2ccccc2n1CC(O)COc1ccc(F)cc1. The Kier molecular flexibility index (Phi) is 6.18. The molecule has 1 N–H and O–H groups in total. The largest absolute Gasteiger partial charge is 0.491 e. The lowest BCUT2D eigenvalue weighted by Crippen LogP contribution is -2.25. The van der Waals surface area contributed by atoms with Crippen molar-refractivity contribution >= 4 is 11.0 Å². The number of rotatable bonds is 8. The zero-order chi connectivity index (χ0) is 21.8. The molecule has 1 unspecified atom stereocenters. The standard InChI is InChI=1S/C25H25FN2O3/c1-17-6-5-7-18(2)25(17)31-16-24-27-22-8-3-4-9-23(22)28(24)14-20(29)15-30-21-12-10-19(26)11-13-21/h3-13,20,29H,14-16H2,1-2H3. The maximum atomic E-state index is 13.0. The minimum atomic E-state index is -0.776. The van der Waals surface area contributed by atoms with Gasteiger partial charge in [0.25, 0.3) is 0 Å². The van der Waals surface area contributed by atoms with Crippen LogP contribution in [0.2, 0.25) is 0 Å². The molecule has 0 radical (unpaired) electrons. The Morgan fingerprint density at radius 2 is 1.65 bits per heavy atom. The predicted octanol–water partition coefficient (Wildman–Crippen LogP) is 4.81. The highest BCUT2D eigenvalue weighted by atomic mass is 19.1. The molecule has 3 aromatic carbocycles. The van der Waals surface area contributed by atoms with Crippen LogP contribution in [-0.2, 0) is 13.2 Å². The number of aliphatic hydroxyl groups is 1. The molecule has 0 bridgehead atoms. The van der Waals surface area contributed by atoms with Crippen LogP contribution in [0.15, 0.2) is 66.7 Å². The molecule has 0 aliphatic rings. The fraction of sp³-hybridized carbons (Fsp3) is 0.240. The Bertz CT molecular complexity index is 1150. The van der Waals surface area contributed by atoms with Crippen molar-refractivity contribution in [2.75, 3.05) is 6.61 Å². The molecular formula is C25H25FN2O3. The van der Waals surface area contributed by atoms with E-state index in [0.717, 1.165) is 33.7 Å². The van der Waals surface area contributed by atoms with Gasteiger partial charge in [0.15, 0.2) is 0 Å². The highest BCUT2D eigenvalue weighted by molar-refractivity contribution is 5.75. The summed E-state index contributed by atoms with van der Waals surface area (Å²) < 4.78 is 26.7. The van der Waals surface area contributed by atoms with Crippen molar-refractivity contribution in [3.63, 3.8) is 0 Å². The quantitative estimate of drug-likeness (QED) is 0.444. The summed E-state index contributed by atoms with van der Waals surface area (Å²) in [6, 6.07) is 19.6. The van der Waals surface area contributed by atoms with Gasteiger partial charge in [-0.05, 0) is 61.4 Å². The van der Waals surface area contributed by atoms with Crippen LogP contribution in [0.4, 0.5) is 4.39 Å². The van der Waals surface area contributed by atoms with Gasteiger partial charge in [0.05, 0.1) is 17.6 Å². The van der Waals surface area contributed by atoms with E-state index in [1.54, 1.807) is 12.1 Å². The van der Waals surface area contributed by atoms with Crippen LogP contribution < -0.4 is 9.47 Å². The first-order valence-corrected chi connectivity index (χ1v) is 10.2. The number of nitrogens with zero attached hydrogens (tertiary/aromatic N) is 2. The van der Waals surface area contributed by atoms with Gasteiger partial charge >= 0.3 is 0 Å². The average molecular weight is 420 g/mol. The van der Waals surface area contributed by atoms with Gasteiger partial charge in [0.2, 0.25) is 0 Å². The van der Waals surface area contributed by atoms with Crippen molar-refractivity contribution in [3.8, 4) is 11.5 Å². The average Bonchev–Trinajstić information content (AvgIpc) is 3.10. The van der Waals surface area contributed by atoms with Gasteiger partial charge in [-0.2, -0.15) is 0 Å². The second-order valence-corrected chi connectivity index (χ2v) is 7.56. The van der Waals surface area contributed by atoms with Crippen LogP contribution in [0.25, 0.3) is 11.0 Å². The van der Waals surface area contributed by atoms with Crippen LogP contribution in [0.5, 0.6) is 11.5 Å². The highest BCUT2D eigenvalue weighted by Crippen LogP contribution is 2.24. The molecule has 5 nitrogen and oxygen atoms in total. The van der Waals surface area contributed by atoms with Crippen molar-refractivity contribution in [2.45, 2.75) is 33.1 Å². The van der Waals surface area contributed by atoms with Gasteiger partial charge < -0.3 is 19.1 Å². The number of fused-ring (bicyclic) bond motifs is 1. The Hall–Kier alpha value is -3.38. The first-order chi connectivity index (χ1) is 15.0. The molecule has 160 valence electrons. The number of benzene rings is 3. The molecule has 6 heteroatoms. The van der Waals surface area contributed by atoms with E-state index < -0.39 is 6.10 Å². The van der Waals surface area contributed by atoms with E-state index >= 15 is 0 Å². The Morgan fingerprint density at radius 3 is 2.39 bits per heavy atom. The highest BCUT2D eigenvalue weighted by Gasteiger charge is 2.16. The van der Waals surface area contributed by atoms with Crippen molar-refractivity contribution < 1.29 is 19.0 Å². The number of halogens is 1.